The second kappa shape index (κ2) is 4.97. The molecule has 1 N–H and O–H groups in total. The number of nitrogens with zero attached hydrogens (tertiary/aromatic N) is 1. The fourth-order valence-corrected chi connectivity index (χ4v) is 3.88. The zero-order valence-corrected chi connectivity index (χ0v) is 11.2. The minimum atomic E-state index is -0.624. The molecule has 0 spiro atoms. The molecule has 3 nitrogen and oxygen atoms in total. The van der Waals surface area contributed by atoms with E-state index in [0.717, 1.165) is 18.9 Å². The summed E-state index contributed by atoms with van der Waals surface area (Å²) >= 11 is 0. The van der Waals surface area contributed by atoms with Crippen molar-refractivity contribution in [1.82, 2.24) is 4.90 Å². The smallest absolute Gasteiger partial charge is 0.321 e. The van der Waals surface area contributed by atoms with Crippen molar-refractivity contribution in [2.75, 3.05) is 6.54 Å². The fourth-order valence-electron chi connectivity index (χ4n) is 3.88. The van der Waals surface area contributed by atoms with Crippen LogP contribution >= 0.6 is 0 Å². The first kappa shape index (κ1) is 12.9. The van der Waals surface area contributed by atoms with Gasteiger partial charge in [0, 0.05) is 6.04 Å². The Morgan fingerprint density at radius 3 is 2.41 bits per heavy atom. The molecule has 1 saturated heterocycles. The van der Waals surface area contributed by atoms with Crippen molar-refractivity contribution >= 4 is 5.97 Å². The fraction of sp³-hybridized carbons (Fsp3) is 0.929. The van der Waals surface area contributed by atoms with Crippen LogP contribution in [0.3, 0.4) is 0 Å². The van der Waals surface area contributed by atoms with E-state index in [9.17, 15) is 9.90 Å². The predicted octanol–water partition coefficient (Wildman–Crippen LogP) is 2.61. The summed E-state index contributed by atoms with van der Waals surface area (Å²) in [7, 11) is 0. The van der Waals surface area contributed by atoms with Gasteiger partial charge in [-0.05, 0) is 50.0 Å². The topological polar surface area (TPSA) is 40.5 Å². The van der Waals surface area contributed by atoms with Crippen molar-refractivity contribution in [3.63, 3.8) is 0 Å². The average Bonchev–Trinajstić information content (AvgIpc) is 2.60. The molecule has 0 aromatic heterocycles. The third kappa shape index (κ3) is 2.49. The molecule has 2 fully saturated rings. The maximum absolute atomic E-state index is 11.4. The zero-order valence-electron chi connectivity index (χ0n) is 11.2. The number of hydrogen-bond acceptors (Lipinski definition) is 2. The van der Waals surface area contributed by atoms with Gasteiger partial charge in [0.1, 0.15) is 6.04 Å². The van der Waals surface area contributed by atoms with Gasteiger partial charge < -0.3 is 5.11 Å². The van der Waals surface area contributed by atoms with Gasteiger partial charge in [-0.2, -0.15) is 0 Å². The van der Waals surface area contributed by atoms with Crippen LogP contribution in [0.4, 0.5) is 0 Å². The standard InChI is InChI=1S/C14H25NO2/c1-9-4-5-12(11(3)8-9)15-7-6-10(2)13(15)14(16)17/h9-13H,4-8H2,1-3H3,(H,16,17). The molecular formula is C14H25NO2. The molecule has 2 rings (SSSR count). The summed E-state index contributed by atoms with van der Waals surface area (Å²) in [5.41, 5.74) is 0. The second-order valence-corrected chi connectivity index (χ2v) is 6.25. The van der Waals surface area contributed by atoms with Crippen LogP contribution in [0.1, 0.15) is 46.5 Å². The van der Waals surface area contributed by atoms with Gasteiger partial charge in [-0.25, -0.2) is 0 Å². The molecule has 0 bridgehead atoms. The first-order valence-electron chi connectivity index (χ1n) is 6.99. The lowest BCUT2D eigenvalue weighted by molar-refractivity contribution is -0.145. The van der Waals surface area contributed by atoms with E-state index >= 15 is 0 Å². The summed E-state index contributed by atoms with van der Waals surface area (Å²) in [6.45, 7) is 7.66. The molecule has 0 radical (unpaired) electrons. The number of carbonyl (C=O) groups is 1. The van der Waals surface area contributed by atoms with Crippen LogP contribution < -0.4 is 0 Å². The molecule has 5 unspecified atom stereocenters. The summed E-state index contributed by atoms with van der Waals surface area (Å²) in [5.74, 6) is 1.13. The van der Waals surface area contributed by atoms with E-state index in [1.807, 2.05) is 0 Å². The minimum Gasteiger partial charge on any atom is -0.480 e. The molecule has 1 aliphatic carbocycles. The van der Waals surface area contributed by atoms with Crippen molar-refractivity contribution in [2.45, 2.75) is 58.5 Å². The molecule has 1 aliphatic heterocycles. The summed E-state index contributed by atoms with van der Waals surface area (Å²) in [4.78, 5) is 13.7. The Labute approximate surface area is 104 Å². The third-order valence-electron chi connectivity index (χ3n) is 4.80. The highest BCUT2D eigenvalue weighted by molar-refractivity contribution is 5.74. The summed E-state index contributed by atoms with van der Waals surface area (Å²) in [6, 6.07) is 0.258. The van der Waals surface area contributed by atoms with Crippen molar-refractivity contribution in [2.24, 2.45) is 17.8 Å². The normalized spacial score (nSPS) is 43.8. The Bertz CT molecular complexity index is 292. The third-order valence-corrected chi connectivity index (χ3v) is 4.80. The Morgan fingerprint density at radius 2 is 1.82 bits per heavy atom. The Hall–Kier alpha value is -0.570. The summed E-state index contributed by atoms with van der Waals surface area (Å²) in [6.07, 6.45) is 4.72. The molecule has 0 aromatic rings. The number of aliphatic carboxylic acids is 1. The summed E-state index contributed by atoms with van der Waals surface area (Å²) < 4.78 is 0. The van der Waals surface area contributed by atoms with Crippen molar-refractivity contribution in [1.29, 1.82) is 0 Å². The maximum atomic E-state index is 11.4. The Balaban J connectivity index is 2.08. The van der Waals surface area contributed by atoms with Gasteiger partial charge in [-0.15, -0.1) is 0 Å². The lowest BCUT2D eigenvalue weighted by Crippen LogP contribution is -2.49. The monoisotopic (exact) mass is 239 g/mol. The van der Waals surface area contributed by atoms with Crippen LogP contribution in [-0.2, 0) is 4.79 Å². The van der Waals surface area contributed by atoms with Gasteiger partial charge in [0.05, 0.1) is 0 Å². The van der Waals surface area contributed by atoms with Crippen molar-refractivity contribution in [3.8, 4) is 0 Å². The molecule has 0 aromatic carbocycles. The van der Waals surface area contributed by atoms with Crippen LogP contribution in [0.25, 0.3) is 0 Å². The van der Waals surface area contributed by atoms with E-state index in [1.165, 1.54) is 19.3 Å². The lowest BCUT2D eigenvalue weighted by atomic mass is 9.79. The van der Waals surface area contributed by atoms with E-state index < -0.39 is 5.97 Å². The number of carboxylic acid groups (broad SMARTS) is 1. The number of rotatable bonds is 2. The van der Waals surface area contributed by atoms with Gasteiger partial charge in [0.15, 0.2) is 0 Å². The molecule has 0 amide bonds. The van der Waals surface area contributed by atoms with E-state index in [-0.39, 0.29) is 6.04 Å². The SMILES string of the molecule is CC1CCC(N2CCC(C)C2C(=O)O)C(C)C1. The predicted molar refractivity (Wildman–Crippen MR) is 67.9 cm³/mol. The van der Waals surface area contributed by atoms with Gasteiger partial charge in [0.25, 0.3) is 0 Å². The van der Waals surface area contributed by atoms with Gasteiger partial charge >= 0.3 is 5.97 Å². The number of carboxylic acids is 1. The average molecular weight is 239 g/mol. The Kier molecular flexibility index (Phi) is 3.76. The molecule has 1 heterocycles. The largest absolute Gasteiger partial charge is 0.480 e. The van der Waals surface area contributed by atoms with Crippen LogP contribution in [-0.4, -0.2) is 34.6 Å². The molecule has 17 heavy (non-hydrogen) atoms. The highest BCUT2D eigenvalue weighted by Gasteiger charge is 2.42. The molecule has 98 valence electrons. The minimum absolute atomic E-state index is 0.240. The molecular weight excluding hydrogens is 214 g/mol. The number of hydrogen-bond donors (Lipinski definition) is 1. The van der Waals surface area contributed by atoms with Crippen molar-refractivity contribution < 1.29 is 9.90 Å². The first-order valence-corrected chi connectivity index (χ1v) is 6.99. The molecule has 2 aliphatic rings. The van der Waals surface area contributed by atoms with Crippen molar-refractivity contribution in [3.05, 3.63) is 0 Å². The molecule has 3 heteroatoms. The van der Waals surface area contributed by atoms with Gasteiger partial charge in [-0.3, -0.25) is 9.69 Å². The summed E-state index contributed by atoms with van der Waals surface area (Å²) in [5, 5.41) is 9.38. The van der Waals surface area contributed by atoms with Gasteiger partial charge in [-0.1, -0.05) is 20.8 Å². The van der Waals surface area contributed by atoms with E-state index in [4.69, 9.17) is 0 Å². The molecule has 1 saturated carbocycles. The molecule has 5 atom stereocenters. The number of likely N-dealkylation sites (tertiary alicyclic amines) is 1. The first-order chi connectivity index (χ1) is 8.00. The van der Waals surface area contributed by atoms with E-state index in [2.05, 4.69) is 25.7 Å². The van der Waals surface area contributed by atoms with Crippen LogP contribution in [0, 0.1) is 17.8 Å². The van der Waals surface area contributed by atoms with E-state index in [1.54, 1.807) is 0 Å². The second-order valence-electron chi connectivity index (χ2n) is 6.25. The highest BCUT2D eigenvalue weighted by atomic mass is 16.4. The lowest BCUT2D eigenvalue weighted by Gasteiger charge is -2.40. The highest BCUT2D eigenvalue weighted by Crippen LogP contribution is 2.37. The van der Waals surface area contributed by atoms with Crippen LogP contribution in [0.2, 0.25) is 0 Å². The zero-order chi connectivity index (χ0) is 12.6. The maximum Gasteiger partial charge on any atom is 0.321 e. The van der Waals surface area contributed by atoms with E-state index in [0.29, 0.717) is 17.9 Å². The quantitative estimate of drug-likeness (QED) is 0.805. The van der Waals surface area contributed by atoms with Crippen LogP contribution in [0.5, 0.6) is 0 Å². The van der Waals surface area contributed by atoms with Gasteiger partial charge in [0.2, 0.25) is 0 Å². The van der Waals surface area contributed by atoms with Crippen LogP contribution in [0.15, 0.2) is 0 Å². The Morgan fingerprint density at radius 1 is 1.12 bits per heavy atom.